The predicted molar refractivity (Wildman–Crippen MR) is 152 cm³/mol. The van der Waals surface area contributed by atoms with E-state index in [4.69, 9.17) is 4.74 Å². The van der Waals surface area contributed by atoms with Crippen LogP contribution in [-0.4, -0.2) is 35.4 Å². The monoisotopic (exact) mass is 512 g/mol. The summed E-state index contributed by atoms with van der Waals surface area (Å²) in [5.74, 6) is 0.374. The zero-order valence-electron chi connectivity index (χ0n) is 22.9. The molecule has 1 aliphatic rings. The summed E-state index contributed by atoms with van der Waals surface area (Å²) in [6, 6.07) is 23.4. The van der Waals surface area contributed by atoms with Crippen LogP contribution in [0.2, 0.25) is 0 Å². The Labute approximate surface area is 227 Å². The predicted octanol–water partition coefficient (Wildman–Crippen LogP) is 6.08. The summed E-state index contributed by atoms with van der Waals surface area (Å²) in [6.07, 6.45) is 5.90. The number of aryl methyl sites for hydroxylation is 3. The van der Waals surface area contributed by atoms with Crippen LogP contribution in [0.15, 0.2) is 72.8 Å². The molecule has 5 nitrogen and oxygen atoms in total. The van der Waals surface area contributed by atoms with Crippen molar-refractivity contribution in [3.8, 4) is 5.75 Å². The van der Waals surface area contributed by atoms with Crippen molar-refractivity contribution in [2.24, 2.45) is 0 Å². The van der Waals surface area contributed by atoms with Crippen LogP contribution in [0.25, 0.3) is 0 Å². The Kier molecular flexibility index (Phi) is 9.58. The van der Waals surface area contributed by atoms with E-state index in [1.54, 1.807) is 4.90 Å². The van der Waals surface area contributed by atoms with E-state index in [0.717, 1.165) is 53.5 Å². The molecule has 1 aliphatic carbocycles. The van der Waals surface area contributed by atoms with Crippen LogP contribution >= 0.6 is 0 Å². The normalized spacial score (nSPS) is 14.5. The molecule has 3 aromatic rings. The van der Waals surface area contributed by atoms with Crippen molar-refractivity contribution in [3.63, 3.8) is 0 Å². The summed E-state index contributed by atoms with van der Waals surface area (Å²) in [4.78, 5) is 29.4. The molecule has 1 atom stereocenters. The van der Waals surface area contributed by atoms with Gasteiger partial charge in [0.05, 0.1) is 0 Å². The molecule has 3 aromatic carbocycles. The number of nitrogens with zero attached hydrogens (tertiary/aromatic N) is 1. The second-order valence-electron chi connectivity index (χ2n) is 10.6. The van der Waals surface area contributed by atoms with E-state index < -0.39 is 6.04 Å². The van der Waals surface area contributed by atoms with E-state index in [-0.39, 0.29) is 24.5 Å². The van der Waals surface area contributed by atoms with Crippen LogP contribution in [0.5, 0.6) is 5.75 Å². The second kappa shape index (κ2) is 13.3. The van der Waals surface area contributed by atoms with E-state index in [1.165, 1.54) is 6.42 Å². The number of hydrogen-bond acceptors (Lipinski definition) is 3. The Bertz CT molecular complexity index is 1200. The molecule has 0 aliphatic heterocycles. The van der Waals surface area contributed by atoms with Crippen molar-refractivity contribution in [1.82, 2.24) is 10.2 Å². The van der Waals surface area contributed by atoms with Gasteiger partial charge in [-0.15, -0.1) is 0 Å². The lowest BCUT2D eigenvalue weighted by Gasteiger charge is -2.33. The smallest absolute Gasteiger partial charge is 0.261 e. The van der Waals surface area contributed by atoms with Crippen LogP contribution in [0.1, 0.15) is 59.9 Å². The van der Waals surface area contributed by atoms with Crippen LogP contribution in [0.3, 0.4) is 0 Å². The summed E-state index contributed by atoms with van der Waals surface area (Å²) in [5, 5.41) is 3.29. The minimum Gasteiger partial charge on any atom is -0.484 e. The number of carbonyl (C=O) groups is 2. The molecule has 0 saturated heterocycles. The Balaban J connectivity index is 1.62. The first-order valence-electron chi connectivity index (χ1n) is 13.8. The summed E-state index contributed by atoms with van der Waals surface area (Å²) in [7, 11) is 0. The van der Waals surface area contributed by atoms with E-state index in [2.05, 4.69) is 11.4 Å². The molecule has 0 bridgehead atoms. The first kappa shape index (κ1) is 27.4. The molecule has 1 N–H and O–H groups in total. The minimum absolute atomic E-state index is 0.0888. The number of carbonyl (C=O) groups excluding carboxylic acids is 2. The average Bonchev–Trinajstić information content (AvgIpc) is 2.91. The molecule has 5 heteroatoms. The van der Waals surface area contributed by atoms with Gasteiger partial charge in [-0.2, -0.15) is 0 Å². The average molecular weight is 513 g/mol. The lowest BCUT2D eigenvalue weighted by molar-refractivity contribution is -0.143. The standard InChI is InChI=1S/C33H40N2O3/c1-24-18-25(2)20-30(19-24)38-23-32(36)35(22-28-15-11-10-12-26(28)3)31(21-27-13-6-4-7-14-27)33(37)34-29-16-8-5-9-17-29/h4,6-7,10-15,18-20,29,31H,5,8-9,16-17,21-23H2,1-3H3,(H,34,37). The quantitative estimate of drug-likeness (QED) is 0.358. The molecule has 200 valence electrons. The Morgan fingerprint density at radius 3 is 2.24 bits per heavy atom. The Morgan fingerprint density at radius 1 is 0.895 bits per heavy atom. The highest BCUT2D eigenvalue weighted by atomic mass is 16.5. The van der Waals surface area contributed by atoms with Gasteiger partial charge in [-0.05, 0) is 73.6 Å². The second-order valence-corrected chi connectivity index (χ2v) is 10.6. The van der Waals surface area contributed by atoms with Gasteiger partial charge in [0.1, 0.15) is 11.8 Å². The third kappa shape index (κ3) is 7.70. The maximum absolute atomic E-state index is 13.9. The van der Waals surface area contributed by atoms with Crippen LogP contribution in [-0.2, 0) is 22.6 Å². The SMILES string of the molecule is Cc1cc(C)cc(OCC(=O)N(Cc2ccccc2C)C(Cc2ccccc2)C(=O)NC2CCCCC2)c1. The molecular weight excluding hydrogens is 472 g/mol. The van der Waals surface area contributed by atoms with Gasteiger partial charge in [-0.1, -0.05) is 79.9 Å². The summed E-state index contributed by atoms with van der Waals surface area (Å²) < 4.78 is 5.99. The van der Waals surface area contributed by atoms with Crippen molar-refractivity contribution >= 4 is 11.8 Å². The number of nitrogens with one attached hydrogen (secondary N) is 1. The molecule has 38 heavy (non-hydrogen) atoms. The van der Waals surface area contributed by atoms with Gasteiger partial charge >= 0.3 is 0 Å². The first-order valence-corrected chi connectivity index (χ1v) is 13.8. The van der Waals surface area contributed by atoms with E-state index >= 15 is 0 Å². The molecule has 0 radical (unpaired) electrons. The lowest BCUT2D eigenvalue weighted by atomic mass is 9.94. The fourth-order valence-electron chi connectivity index (χ4n) is 5.31. The van der Waals surface area contributed by atoms with E-state index in [1.807, 2.05) is 87.5 Å². The van der Waals surface area contributed by atoms with Gasteiger partial charge in [-0.3, -0.25) is 9.59 Å². The molecule has 4 rings (SSSR count). The Morgan fingerprint density at radius 2 is 1.55 bits per heavy atom. The molecule has 2 amide bonds. The molecule has 0 spiro atoms. The highest BCUT2D eigenvalue weighted by Crippen LogP contribution is 2.21. The highest BCUT2D eigenvalue weighted by molar-refractivity contribution is 5.88. The summed E-state index contributed by atoms with van der Waals surface area (Å²) in [6.45, 7) is 6.28. The molecule has 0 aromatic heterocycles. The van der Waals surface area contributed by atoms with Crippen molar-refractivity contribution < 1.29 is 14.3 Å². The molecule has 1 fully saturated rings. The van der Waals surface area contributed by atoms with Gasteiger partial charge in [-0.25, -0.2) is 0 Å². The number of ether oxygens (including phenoxy) is 1. The number of amides is 2. The fourth-order valence-corrected chi connectivity index (χ4v) is 5.31. The third-order valence-corrected chi connectivity index (χ3v) is 7.38. The van der Waals surface area contributed by atoms with E-state index in [9.17, 15) is 9.59 Å². The lowest BCUT2D eigenvalue weighted by Crippen LogP contribution is -2.53. The summed E-state index contributed by atoms with van der Waals surface area (Å²) >= 11 is 0. The van der Waals surface area contributed by atoms with Crippen molar-refractivity contribution in [2.75, 3.05) is 6.61 Å². The third-order valence-electron chi connectivity index (χ3n) is 7.38. The van der Waals surface area contributed by atoms with E-state index in [0.29, 0.717) is 18.7 Å². The fraction of sp³-hybridized carbons (Fsp3) is 0.394. The highest BCUT2D eigenvalue weighted by Gasteiger charge is 2.32. The zero-order chi connectivity index (χ0) is 26.9. The van der Waals surface area contributed by atoms with Gasteiger partial charge in [0.15, 0.2) is 6.61 Å². The molecular formula is C33H40N2O3. The number of rotatable bonds is 10. The van der Waals surface area contributed by atoms with Crippen molar-refractivity contribution in [2.45, 2.75) is 77.9 Å². The molecule has 1 unspecified atom stereocenters. The van der Waals surface area contributed by atoms with Gasteiger partial charge in [0.25, 0.3) is 5.91 Å². The topological polar surface area (TPSA) is 58.6 Å². The number of benzene rings is 3. The molecule has 1 saturated carbocycles. The first-order chi connectivity index (χ1) is 18.4. The van der Waals surface area contributed by atoms with Crippen LogP contribution in [0.4, 0.5) is 0 Å². The van der Waals surface area contributed by atoms with Gasteiger partial charge < -0.3 is 15.0 Å². The maximum Gasteiger partial charge on any atom is 0.261 e. The zero-order valence-corrected chi connectivity index (χ0v) is 22.9. The van der Waals surface area contributed by atoms with Gasteiger partial charge in [0.2, 0.25) is 5.91 Å². The van der Waals surface area contributed by atoms with Crippen LogP contribution in [0, 0.1) is 20.8 Å². The summed E-state index contributed by atoms with van der Waals surface area (Å²) in [5.41, 5.74) is 5.30. The molecule has 0 heterocycles. The van der Waals surface area contributed by atoms with Crippen molar-refractivity contribution in [1.29, 1.82) is 0 Å². The van der Waals surface area contributed by atoms with Crippen LogP contribution < -0.4 is 10.1 Å². The minimum atomic E-state index is -0.644. The van der Waals surface area contributed by atoms with Crippen molar-refractivity contribution in [3.05, 3.63) is 101 Å². The Hall–Kier alpha value is -3.60. The largest absolute Gasteiger partial charge is 0.484 e. The van der Waals surface area contributed by atoms with Gasteiger partial charge in [0, 0.05) is 19.0 Å². The number of hydrogen-bond donors (Lipinski definition) is 1. The maximum atomic E-state index is 13.9.